The van der Waals surface area contributed by atoms with Crippen LogP contribution in [0.1, 0.15) is 24.1 Å². The first-order chi connectivity index (χ1) is 11.8. The molecule has 1 nitrogen and oxygen atoms in total. The molecule has 0 spiro atoms. The Hall–Kier alpha value is -2.45. The molecule has 0 fully saturated rings. The first-order valence-corrected chi connectivity index (χ1v) is 8.97. The number of rotatable bonds is 3. The summed E-state index contributed by atoms with van der Waals surface area (Å²) in [6.45, 7) is 6.11. The minimum atomic E-state index is 0.257. The standard InChI is InChI=1S/C22H19NS/c1-3-17-12-14-18(15-13-17)16(2)23-19-8-4-6-10-21(19)24-22-11-7-5-9-20(22)23/h3-16H,1H2,2H3. The monoisotopic (exact) mass is 329 g/mol. The minimum absolute atomic E-state index is 0.257. The van der Waals surface area contributed by atoms with Crippen molar-refractivity contribution >= 4 is 29.2 Å². The molecular formula is C22H19NS. The van der Waals surface area contributed by atoms with Gasteiger partial charge in [0.25, 0.3) is 0 Å². The maximum absolute atomic E-state index is 3.84. The SMILES string of the molecule is C=Cc1ccc(C(C)N2c3ccccc3Sc3ccccc32)cc1. The van der Waals surface area contributed by atoms with E-state index in [0.717, 1.165) is 5.56 Å². The van der Waals surface area contributed by atoms with Crippen molar-refractivity contribution < 1.29 is 0 Å². The summed E-state index contributed by atoms with van der Waals surface area (Å²) in [5.41, 5.74) is 5.01. The lowest BCUT2D eigenvalue weighted by atomic mass is 10.0. The van der Waals surface area contributed by atoms with E-state index in [4.69, 9.17) is 0 Å². The fourth-order valence-electron chi connectivity index (χ4n) is 3.21. The van der Waals surface area contributed by atoms with Crippen molar-refractivity contribution in [2.45, 2.75) is 22.8 Å². The van der Waals surface area contributed by atoms with E-state index in [1.54, 1.807) is 0 Å². The van der Waals surface area contributed by atoms with Crippen molar-refractivity contribution in [3.63, 3.8) is 0 Å². The first-order valence-electron chi connectivity index (χ1n) is 8.15. The van der Waals surface area contributed by atoms with Crippen molar-refractivity contribution in [3.8, 4) is 0 Å². The van der Waals surface area contributed by atoms with Crippen LogP contribution in [0.3, 0.4) is 0 Å². The summed E-state index contributed by atoms with van der Waals surface area (Å²) in [4.78, 5) is 5.07. The Labute approximate surface area is 147 Å². The average Bonchev–Trinajstić information content (AvgIpc) is 2.65. The Balaban J connectivity index is 1.82. The van der Waals surface area contributed by atoms with E-state index in [-0.39, 0.29) is 6.04 Å². The van der Waals surface area contributed by atoms with Gasteiger partial charge in [0, 0.05) is 9.79 Å². The number of nitrogens with zero attached hydrogens (tertiary/aromatic N) is 1. The molecule has 3 aromatic rings. The van der Waals surface area contributed by atoms with Gasteiger partial charge in [-0.3, -0.25) is 0 Å². The molecule has 0 amide bonds. The van der Waals surface area contributed by atoms with Crippen LogP contribution >= 0.6 is 11.8 Å². The van der Waals surface area contributed by atoms with Crippen LogP contribution in [0.2, 0.25) is 0 Å². The largest absolute Gasteiger partial charge is 0.332 e. The van der Waals surface area contributed by atoms with Crippen LogP contribution in [0.25, 0.3) is 6.08 Å². The van der Waals surface area contributed by atoms with Crippen LogP contribution in [-0.4, -0.2) is 0 Å². The molecule has 1 heterocycles. The molecule has 0 bridgehead atoms. The van der Waals surface area contributed by atoms with Gasteiger partial charge >= 0.3 is 0 Å². The molecule has 0 radical (unpaired) electrons. The molecule has 24 heavy (non-hydrogen) atoms. The zero-order chi connectivity index (χ0) is 16.5. The van der Waals surface area contributed by atoms with Gasteiger partial charge in [-0.05, 0) is 42.3 Å². The van der Waals surface area contributed by atoms with Crippen molar-refractivity contribution in [1.29, 1.82) is 0 Å². The zero-order valence-corrected chi connectivity index (χ0v) is 14.5. The van der Waals surface area contributed by atoms with Gasteiger partial charge in [0.05, 0.1) is 17.4 Å². The van der Waals surface area contributed by atoms with E-state index in [2.05, 4.69) is 91.2 Å². The molecule has 2 heteroatoms. The van der Waals surface area contributed by atoms with E-state index in [1.165, 1.54) is 26.7 Å². The summed E-state index contributed by atoms with van der Waals surface area (Å²) in [6, 6.07) is 26.2. The van der Waals surface area contributed by atoms with Crippen LogP contribution in [-0.2, 0) is 0 Å². The molecule has 0 saturated heterocycles. The predicted molar refractivity (Wildman–Crippen MR) is 104 cm³/mol. The molecule has 1 atom stereocenters. The highest BCUT2D eigenvalue weighted by Crippen LogP contribution is 2.50. The normalized spacial score (nSPS) is 13.8. The van der Waals surface area contributed by atoms with Crippen LogP contribution < -0.4 is 4.90 Å². The number of benzene rings is 3. The van der Waals surface area contributed by atoms with Gasteiger partial charge in [0.15, 0.2) is 0 Å². The second kappa shape index (κ2) is 6.21. The molecule has 0 aliphatic carbocycles. The molecule has 3 aromatic carbocycles. The quantitative estimate of drug-likeness (QED) is 0.526. The van der Waals surface area contributed by atoms with Crippen LogP contribution in [0.15, 0.2) is 89.2 Å². The fraction of sp³-hybridized carbons (Fsp3) is 0.0909. The maximum Gasteiger partial charge on any atom is 0.0564 e. The third-order valence-corrected chi connectivity index (χ3v) is 5.64. The summed E-state index contributed by atoms with van der Waals surface area (Å²) in [7, 11) is 0. The van der Waals surface area contributed by atoms with E-state index >= 15 is 0 Å². The fourth-order valence-corrected chi connectivity index (χ4v) is 4.28. The van der Waals surface area contributed by atoms with E-state index in [0.29, 0.717) is 0 Å². The highest BCUT2D eigenvalue weighted by Gasteiger charge is 2.27. The van der Waals surface area contributed by atoms with Gasteiger partial charge < -0.3 is 4.90 Å². The second-order valence-corrected chi connectivity index (χ2v) is 7.04. The lowest BCUT2D eigenvalue weighted by Gasteiger charge is -2.37. The van der Waals surface area contributed by atoms with E-state index in [9.17, 15) is 0 Å². The molecule has 0 N–H and O–H groups in total. The molecule has 4 rings (SSSR count). The van der Waals surface area contributed by atoms with Gasteiger partial charge in [-0.15, -0.1) is 0 Å². The van der Waals surface area contributed by atoms with Gasteiger partial charge in [-0.25, -0.2) is 0 Å². The zero-order valence-electron chi connectivity index (χ0n) is 13.6. The Kier molecular flexibility index (Phi) is 3.91. The summed E-state index contributed by atoms with van der Waals surface area (Å²) >= 11 is 1.85. The third-order valence-electron chi connectivity index (χ3n) is 4.51. The number of hydrogen-bond acceptors (Lipinski definition) is 2. The Morgan fingerprint density at radius 3 is 1.92 bits per heavy atom. The molecular weight excluding hydrogens is 310 g/mol. The highest BCUT2D eigenvalue weighted by atomic mass is 32.2. The Bertz CT molecular complexity index is 837. The molecule has 118 valence electrons. The second-order valence-electron chi connectivity index (χ2n) is 5.95. The van der Waals surface area contributed by atoms with Crippen LogP contribution in [0.5, 0.6) is 0 Å². The van der Waals surface area contributed by atoms with Gasteiger partial charge in [-0.2, -0.15) is 0 Å². The van der Waals surface area contributed by atoms with Gasteiger partial charge in [-0.1, -0.05) is 72.9 Å². The topological polar surface area (TPSA) is 3.24 Å². The number of para-hydroxylation sites is 2. The van der Waals surface area contributed by atoms with Crippen LogP contribution in [0.4, 0.5) is 11.4 Å². The van der Waals surface area contributed by atoms with Crippen molar-refractivity contribution in [2.75, 3.05) is 4.90 Å². The lowest BCUT2D eigenvalue weighted by molar-refractivity contribution is 0.758. The van der Waals surface area contributed by atoms with E-state index in [1.807, 2.05) is 17.8 Å². The van der Waals surface area contributed by atoms with E-state index < -0.39 is 0 Å². The summed E-state index contributed by atoms with van der Waals surface area (Å²) in [5, 5.41) is 0. The van der Waals surface area contributed by atoms with Crippen molar-refractivity contribution in [3.05, 3.63) is 90.5 Å². The number of fused-ring (bicyclic) bond motifs is 2. The van der Waals surface area contributed by atoms with Gasteiger partial charge in [0.1, 0.15) is 0 Å². The average molecular weight is 329 g/mol. The van der Waals surface area contributed by atoms with Crippen LogP contribution in [0, 0.1) is 0 Å². The number of anilines is 2. The maximum atomic E-state index is 3.84. The highest BCUT2D eigenvalue weighted by molar-refractivity contribution is 7.99. The molecule has 0 aromatic heterocycles. The molecule has 1 unspecified atom stereocenters. The Morgan fingerprint density at radius 2 is 1.38 bits per heavy atom. The van der Waals surface area contributed by atoms with Gasteiger partial charge in [0.2, 0.25) is 0 Å². The lowest BCUT2D eigenvalue weighted by Crippen LogP contribution is -2.24. The summed E-state index contributed by atoms with van der Waals surface area (Å²) in [5.74, 6) is 0. The predicted octanol–water partition coefficient (Wildman–Crippen LogP) is 6.69. The molecule has 1 aliphatic rings. The third kappa shape index (κ3) is 2.53. The first kappa shape index (κ1) is 15.1. The van der Waals surface area contributed by atoms with Crippen molar-refractivity contribution in [1.82, 2.24) is 0 Å². The molecule has 0 saturated carbocycles. The minimum Gasteiger partial charge on any atom is -0.332 e. The molecule has 1 aliphatic heterocycles. The van der Waals surface area contributed by atoms with Crippen molar-refractivity contribution in [2.24, 2.45) is 0 Å². The Morgan fingerprint density at radius 1 is 0.833 bits per heavy atom. The summed E-state index contributed by atoms with van der Waals surface area (Å²) < 4.78 is 0. The smallest absolute Gasteiger partial charge is 0.0564 e. The summed E-state index contributed by atoms with van der Waals surface area (Å²) in [6.07, 6.45) is 1.89. The number of hydrogen-bond donors (Lipinski definition) is 0.